The van der Waals surface area contributed by atoms with Crippen LogP contribution >= 0.6 is 11.8 Å². The Morgan fingerprint density at radius 3 is 2.59 bits per heavy atom. The summed E-state index contributed by atoms with van der Waals surface area (Å²) in [6.07, 6.45) is 9.15. The number of oxime groups is 1. The van der Waals surface area contributed by atoms with E-state index in [2.05, 4.69) is 67.4 Å². The minimum Gasteiger partial charge on any atom is -0.394 e. The Morgan fingerprint density at radius 2 is 1.93 bits per heavy atom. The molecule has 4 aliphatic rings. The number of hydrogen-bond donors (Lipinski definition) is 0. The normalized spacial score (nSPS) is 31.7. The third-order valence-electron chi connectivity index (χ3n) is 6.68. The van der Waals surface area contributed by atoms with E-state index >= 15 is 0 Å². The predicted octanol–water partition coefficient (Wildman–Crippen LogP) is 5.24. The van der Waals surface area contributed by atoms with Crippen LogP contribution in [0.25, 0.3) is 6.08 Å². The van der Waals surface area contributed by atoms with Gasteiger partial charge in [-0.05, 0) is 95.1 Å². The van der Waals surface area contributed by atoms with Crippen LogP contribution in [0.1, 0.15) is 52.0 Å². The fourth-order valence-electron chi connectivity index (χ4n) is 5.12. The lowest BCUT2D eigenvalue weighted by molar-refractivity contribution is -0.165. The lowest BCUT2D eigenvalue weighted by Gasteiger charge is -2.55. The quantitative estimate of drug-likeness (QED) is 0.362. The zero-order valence-corrected chi connectivity index (χ0v) is 19.1. The molecule has 0 spiro atoms. The van der Waals surface area contributed by atoms with Crippen LogP contribution in [0.2, 0.25) is 0 Å². The number of ether oxygens (including phenoxy) is 1. The molecule has 158 valence electrons. The first-order chi connectivity index (χ1) is 13.9. The van der Waals surface area contributed by atoms with Crippen molar-refractivity contribution >= 4 is 23.5 Å². The highest BCUT2D eigenvalue weighted by molar-refractivity contribution is 7.98. The van der Waals surface area contributed by atoms with Gasteiger partial charge in [0.25, 0.3) is 0 Å². The first-order valence-electron chi connectivity index (χ1n) is 10.9. The van der Waals surface area contributed by atoms with E-state index in [9.17, 15) is 0 Å². The summed E-state index contributed by atoms with van der Waals surface area (Å²) in [6, 6.07) is 8.77. The Bertz CT molecular complexity index is 781. The minimum absolute atomic E-state index is 0.188. The van der Waals surface area contributed by atoms with Crippen LogP contribution in [0, 0.1) is 5.92 Å². The van der Waals surface area contributed by atoms with E-state index in [1.165, 1.54) is 42.0 Å². The van der Waals surface area contributed by atoms with Crippen LogP contribution in [0.3, 0.4) is 0 Å². The van der Waals surface area contributed by atoms with Gasteiger partial charge in [0.2, 0.25) is 0 Å². The average molecular weight is 415 g/mol. The van der Waals surface area contributed by atoms with E-state index in [0.29, 0.717) is 12.5 Å². The van der Waals surface area contributed by atoms with Gasteiger partial charge in [0.15, 0.2) is 0 Å². The molecule has 1 aromatic rings. The van der Waals surface area contributed by atoms with E-state index in [-0.39, 0.29) is 11.2 Å². The molecule has 3 aliphatic heterocycles. The topological polar surface area (TPSA) is 34.1 Å². The lowest BCUT2D eigenvalue weighted by atomic mass is 9.64. The summed E-state index contributed by atoms with van der Waals surface area (Å²) >= 11 is 1.77. The molecule has 29 heavy (non-hydrogen) atoms. The van der Waals surface area contributed by atoms with Gasteiger partial charge >= 0.3 is 0 Å². The summed E-state index contributed by atoms with van der Waals surface area (Å²) in [4.78, 5) is 9.59. The van der Waals surface area contributed by atoms with E-state index in [0.717, 1.165) is 25.1 Å². The molecule has 4 fully saturated rings. The summed E-state index contributed by atoms with van der Waals surface area (Å²) in [7, 11) is 0. The van der Waals surface area contributed by atoms with Crippen molar-refractivity contribution < 1.29 is 9.57 Å². The first-order valence-corrected chi connectivity index (χ1v) is 12.1. The molecule has 0 radical (unpaired) electrons. The van der Waals surface area contributed by atoms with Crippen molar-refractivity contribution in [2.24, 2.45) is 11.1 Å². The highest BCUT2D eigenvalue weighted by Gasteiger charge is 2.55. The van der Waals surface area contributed by atoms with Crippen LogP contribution in [-0.4, -0.2) is 54.3 Å². The van der Waals surface area contributed by atoms with Crippen molar-refractivity contribution in [3.8, 4) is 0 Å². The van der Waals surface area contributed by atoms with Crippen LogP contribution in [0.4, 0.5) is 0 Å². The van der Waals surface area contributed by atoms with Gasteiger partial charge in [-0.15, -0.1) is 11.8 Å². The Kier molecular flexibility index (Phi) is 6.10. The molecule has 5 heteroatoms. The molecule has 0 amide bonds. The van der Waals surface area contributed by atoms with E-state index in [4.69, 9.17) is 9.57 Å². The molecule has 3 heterocycles. The van der Waals surface area contributed by atoms with Crippen molar-refractivity contribution in [1.82, 2.24) is 4.90 Å². The molecule has 5 rings (SSSR count). The fourth-order valence-corrected chi connectivity index (χ4v) is 5.53. The molecular weight excluding hydrogens is 380 g/mol. The number of thioether (sulfide) groups is 1. The van der Waals surface area contributed by atoms with Crippen molar-refractivity contribution in [2.45, 2.75) is 62.6 Å². The van der Waals surface area contributed by atoms with Crippen LogP contribution in [0.5, 0.6) is 0 Å². The second-order valence-electron chi connectivity index (χ2n) is 9.22. The van der Waals surface area contributed by atoms with Crippen molar-refractivity contribution in [2.75, 3.05) is 32.5 Å². The summed E-state index contributed by atoms with van der Waals surface area (Å²) < 4.78 is 6.54. The summed E-state index contributed by atoms with van der Waals surface area (Å²) in [6.45, 7) is 10.6. The summed E-state index contributed by atoms with van der Waals surface area (Å²) in [5.41, 5.74) is 2.93. The maximum absolute atomic E-state index is 6.54. The summed E-state index contributed by atoms with van der Waals surface area (Å²) in [5.74, 6) is 0.338. The first kappa shape index (κ1) is 21.0. The Morgan fingerprint density at radius 1 is 1.21 bits per heavy atom. The lowest BCUT2D eigenvalue weighted by Crippen LogP contribution is -2.60. The fraction of sp³-hybridized carbons (Fsp3) is 0.625. The molecule has 2 bridgehead atoms. The van der Waals surface area contributed by atoms with Gasteiger partial charge in [-0.1, -0.05) is 17.3 Å². The van der Waals surface area contributed by atoms with Gasteiger partial charge in [-0.3, -0.25) is 4.90 Å². The number of rotatable bonds is 6. The molecule has 1 aromatic carbocycles. The van der Waals surface area contributed by atoms with Crippen molar-refractivity contribution in [1.29, 1.82) is 0 Å². The largest absolute Gasteiger partial charge is 0.394 e. The number of benzene rings is 1. The molecule has 2 atom stereocenters. The van der Waals surface area contributed by atoms with Gasteiger partial charge in [0.05, 0.1) is 5.60 Å². The maximum Gasteiger partial charge on any atom is 0.129 e. The monoisotopic (exact) mass is 414 g/mol. The van der Waals surface area contributed by atoms with E-state index < -0.39 is 0 Å². The van der Waals surface area contributed by atoms with E-state index in [1.807, 2.05) is 0 Å². The molecule has 0 aromatic heterocycles. The number of fused-ring (bicyclic) bond motifs is 3. The number of likely N-dealkylation sites (tertiary alicyclic amines) is 1. The van der Waals surface area contributed by atoms with Crippen LogP contribution in [0.15, 0.2) is 39.9 Å². The van der Waals surface area contributed by atoms with Gasteiger partial charge in [0, 0.05) is 17.4 Å². The second-order valence-corrected chi connectivity index (χ2v) is 10.1. The van der Waals surface area contributed by atoms with Gasteiger partial charge in [-0.25, -0.2) is 0 Å². The van der Waals surface area contributed by atoms with Crippen LogP contribution < -0.4 is 0 Å². The van der Waals surface area contributed by atoms with Crippen molar-refractivity contribution in [3.63, 3.8) is 0 Å². The van der Waals surface area contributed by atoms with E-state index in [1.54, 1.807) is 11.8 Å². The standard InChI is InChI=1S/C24H34N2O2S/c1-23(2)21-11-12-24(3,28-23)22(25-27-16-15-26-13-5-6-14-26)20(21)17-18-7-9-19(29-4)10-8-18/h7-10,17,21H,5-6,11-16H2,1-4H3/b20-17-,25-22+/t21-,24+/m1/s1. The molecule has 0 unspecified atom stereocenters. The molecule has 1 saturated carbocycles. The third-order valence-corrected chi connectivity index (χ3v) is 7.42. The number of hydrogen-bond acceptors (Lipinski definition) is 5. The zero-order valence-electron chi connectivity index (χ0n) is 18.2. The molecule has 0 N–H and O–H groups in total. The van der Waals surface area contributed by atoms with Crippen molar-refractivity contribution in [3.05, 3.63) is 35.4 Å². The smallest absolute Gasteiger partial charge is 0.129 e. The minimum atomic E-state index is -0.378. The second kappa shape index (κ2) is 8.44. The molecule has 1 aliphatic carbocycles. The highest BCUT2D eigenvalue weighted by atomic mass is 32.2. The molecule has 4 nitrogen and oxygen atoms in total. The Labute approximate surface area is 179 Å². The average Bonchev–Trinajstić information content (AvgIpc) is 3.19. The Hall–Kier alpha value is -1.30. The summed E-state index contributed by atoms with van der Waals surface area (Å²) in [5, 5.41) is 4.67. The molecule has 3 saturated heterocycles. The zero-order chi connectivity index (χ0) is 20.5. The van der Waals surface area contributed by atoms with Crippen LogP contribution in [-0.2, 0) is 9.57 Å². The predicted molar refractivity (Wildman–Crippen MR) is 122 cm³/mol. The van der Waals surface area contributed by atoms with Gasteiger partial charge in [0.1, 0.15) is 17.9 Å². The third kappa shape index (κ3) is 4.42. The SMILES string of the molecule is CSc1ccc(/C=C2\C(=N/OCCN3CCCC3)[C@]3(C)CC[C@H]2C(C)(C)O3)cc1. The molecular formula is C24H34N2O2S. The van der Waals surface area contributed by atoms with Gasteiger partial charge in [-0.2, -0.15) is 0 Å². The Balaban J connectivity index is 1.58. The van der Waals surface area contributed by atoms with Gasteiger partial charge < -0.3 is 9.57 Å². The number of nitrogens with zero attached hydrogens (tertiary/aromatic N) is 2. The highest BCUT2D eigenvalue weighted by Crippen LogP contribution is 2.51. The maximum atomic E-state index is 6.54.